The smallest absolute Gasteiger partial charge is 0.329 e. The van der Waals surface area contributed by atoms with Crippen molar-refractivity contribution in [2.45, 2.75) is 19.6 Å². The highest BCUT2D eigenvalue weighted by Gasteiger charge is 2.16. The predicted octanol–water partition coefficient (Wildman–Crippen LogP) is 3.59. The van der Waals surface area contributed by atoms with Crippen molar-refractivity contribution < 1.29 is 14.3 Å². The van der Waals surface area contributed by atoms with Crippen molar-refractivity contribution in [1.29, 1.82) is 0 Å². The van der Waals surface area contributed by atoms with Crippen molar-refractivity contribution in [3.8, 4) is 5.75 Å². The molecule has 1 atom stereocenters. The van der Waals surface area contributed by atoms with Crippen molar-refractivity contribution in [3.63, 3.8) is 0 Å². The molecular formula is C24H23N3O3. The number of hydrogen-bond donors (Lipinski definition) is 2. The Morgan fingerprint density at radius 1 is 0.900 bits per heavy atom. The summed E-state index contributed by atoms with van der Waals surface area (Å²) in [7, 11) is 0. The summed E-state index contributed by atoms with van der Waals surface area (Å²) in [5.74, 6) is -0.834. The molecule has 3 aromatic carbocycles. The molecule has 6 heteroatoms. The van der Waals surface area contributed by atoms with E-state index in [0.717, 1.165) is 22.4 Å². The van der Waals surface area contributed by atoms with E-state index in [4.69, 9.17) is 4.74 Å². The van der Waals surface area contributed by atoms with E-state index in [2.05, 4.69) is 15.8 Å². The molecule has 2 amide bonds. The number of hydrazone groups is 1. The van der Waals surface area contributed by atoms with Gasteiger partial charge in [0.15, 0.2) is 0 Å². The van der Waals surface area contributed by atoms with Gasteiger partial charge in [-0.1, -0.05) is 60.7 Å². The summed E-state index contributed by atoms with van der Waals surface area (Å²) >= 11 is 0. The number of nitrogens with one attached hydrogen (secondary N) is 2. The first-order valence-corrected chi connectivity index (χ1v) is 9.57. The largest absolute Gasteiger partial charge is 0.489 e. The van der Waals surface area contributed by atoms with Crippen LogP contribution in [0, 0.1) is 0 Å². The molecule has 0 aliphatic heterocycles. The number of hydrogen-bond acceptors (Lipinski definition) is 4. The zero-order chi connectivity index (χ0) is 21.2. The normalized spacial score (nSPS) is 11.6. The molecule has 0 radical (unpaired) electrons. The first kappa shape index (κ1) is 20.8. The summed E-state index contributed by atoms with van der Waals surface area (Å²) in [5, 5.41) is 6.48. The molecule has 0 aliphatic rings. The summed E-state index contributed by atoms with van der Waals surface area (Å²) in [6.07, 6.45) is 1.47. The Kier molecular flexibility index (Phi) is 7.33. The summed E-state index contributed by atoms with van der Waals surface area (Å²) in [5.41, 5.74) is 5.00. The molecule has 0 spiro atoms. The van der Waals surface area contributed by atoms with Gasteiger partial charge < -0.3 is 10.1 Å². The van der Waals surface area contributed by atoms with Gasteiger partial charge in [-0.25, -0.2) is 5.43 Å². The Morgan fingerprint density at radius 3 is 2.20 bits per heavy atom. The molecule has 0 fully saturated rings. The van der Waals surface area contributed by atoms with Crippen LogP contribution >= 0.6 is 0 Å². The number of rotatable bonds is 7. The third-order valence-electron chi connectivity index (χ3n) is 4.36. The van der Waals surface area contributed by atoms with Gasteiger partial charge in [-0.2, -0.15) is 5.10 Å². The highest BCUT2D eigenvalue weighted by Crippen LogP contribution is 2.13. The van der Waals surface area contributed by atoms with Gasteiger partial charge in [-0.3, -0.25) is 9.59 Å². The van der Waals surface area contributed by atoms with Gasteiger partial charge in [-0.15, -0.1) is 0 Å². The molecule has 152 valence electrons. The summed E-state index contributed by atoms with van der Waals surface area (Å²) < 4.78 is 5.73. The molecule has 30 heavy (non-hydrogen) atoms. The molecular weight excluding hydrogens is 378 g/mol. The number of amides is 2. The van der Waals surface area contributed by atoms with E-state index in [9.17, 15) is 9.59 Å². The topological polar surface area (TPSA) is 79.8 Å². The molecule has 0 bridgehead atoms. The monoisotopic (exact) mass is 401 g/mol. The third-order valence-corrected chi connectivity index (χ3v) is 4.36. The zero-order valence-electron chi connectivity index (χ0n) is 16.6. The first-order valence-electron chi connectivity index (χ1n) is 9.57. The lowest BCUT2D eigenvalue weighted by molar-refractivity contribution is -0.139. The molecule has 0 aliphatic carbocycles. The van der Waals surface area contributed by atoms with E-state index >= 15 is 0 Å². The van der Waals surface area contributed by atoms with E-state index in [-0.39, 0.29) is 6.04 Å². The average Bonchev–Trinajstić information content (AvgIpc) is 2.79. The van der Waals surface area contributed by atoms with Gasteiger partial charge in [-0.05, 0) is 47.9 Å². The van der Waals surface area contributed by atoms with Crippen LogP contribution in [0.1, 0.15) is 29.7 Å². The molecule has 0 unspecified atom stereocenters. The van der Waals surface area contributed by atoms with Gasteiger partial charge in [0.2, 0.25) is 0 Å². The van der Waals surface area contributed by atoms with Gasteiger partial charge in [0.1, 0.15) is 12.4 Å². The van der Waals surface area contributed by atoms with Crippen molar-refractivity contribution in [2.24, 2.45) is 5.10 Å². The highest BCUT2D eigenvalue weighted by molar-refractivity contribution is 6.35. The maximum atomic E-state index is 12.0. The summed E-state index contributed by atoms with van der Waals surface area (Å²) in [6, 6.07) is 26.3. The molecule has 3 rings (SSSR count). The van der Waals surface area contributed by atoms with E-state index < -0.39 is 11.8 Å². The molecule has 0 heterocycles. The molecule has 6 nitrogen and oxygen atoms in total. The Balaban J connectivity index is 1.45. The molecule has 2 N–H and O–H groups in total. The number of nitrogens with zero attached hydrogens (tertiary/aromatic N) is 1. The van der Waals surface area contributed by atoms with E-state index in [1.165, 1.54) is 6.21 Å². The quantitative estimate of drug-likeness (QED) is 0.361. The molecule has 0 aromatic heterocycles. The lowest BCUT2D eigenvalue weighted by Gasteiger charge is -2.13. The fraction of sp³-hybridized carbons (Fsp3) is 0.125. The standard InChI is InChI=1S/C24H23N3O3/c1-18(21-10-6-3-7-11-21)26-23(28)24(29)27-25-16-19-12-14-22(15-13-19)30-17-20-8-4-2-5-9-20/h2-16,18H,17H2,1H3,(H,26,28)(H,27,29)/b25-16-/t18-/m0/s1. The number of carbonyl (C=O) groups is 2. The van der Waals surface area contributed by atoms with Crippen LogP contribution < -0.4 is 15.5 Å². The van der Waals surface area contributed by atoms with E-state index in [0.29, 0.717) is 6.61 Å². The van der Waals surface area contributed by atoms with Crippen molar-refractivity contribution in [2.75, 3.05) is 0 Å². The minimum Gasteiger partial charge on any atom is -0.489 e. The van der Waals surface area contributed by atoms with Crippen LogP contribution in [-0.4, -0.2) is 18.0 Å². The molecule has 3 aromatic rings. The van der Waals surface area contributed by atoms with Gasteiger partial charge in [0, 0.05) is 0 Å². The molecule has 0 saturated carbocycles. The minimum absolute atomic E-state index is 0.281. The van der Waals surface area contributed by atoms with Crippen LogP contribution in [0.15, 0.2) is 90.0 Å². The van der Waals surface area contributed by atoms with E-state index in [1.807, 2.05) is 91.9 Å². The average molecular weight is 401 g/mol. The lowest BCUT2D eigenvalue weighted by atomic mass is 10.1. The van der Waals surface area contributed by atoms with Crippen molar-refractivity contribution in [3.05, 3.63) is 102 Å². The number of carbonyl (C=O) groups excluding carboxylic acids is 2. The Hall–Kier alpha value is -3.93. The Bertz CT molecular complexity index is 987. The Labute approximate surface area is 175 Å². The van der Waals surface area contributed by atoms with Crippen LogP contribution in [0.5, 0.6) is 5.75 Å². The third kappa shape index (κ3) is 6.31. The van der Waals surface area contributed by atoms with Crippen LogP contribution in [0.25, 0.3) is 0 Å². The molecule has 0 saturated heterocycles. The highest BCUT2D eigenvalue weighted by atomic mass is 16.5. The lowest BCUT2D eigenvalue weighted by Crippen LogP contribution is -2.39. The predicted molar refractivity (Wildman–Crippen MR) is 116 cm³/mol. The summed E-state index contributed by atoms with van der Waals surface area (Å²) in [6.45, 7) is 2.30. The van der Waals surface area contributed by atoms with Crippen LogP contribution in [0.4, 0.5) is 0 Å². The van der Waals surface area contributed by atoms with Gasteiger partial charge >= 0.3 is 11.8 Å². The second-order valence-corrected chi connectivity index (χ2v) is 6.65. The minimum atomic E-state index is -0.822. The van der Waals surface area contributed by atoms with Crippen molar-refractivity contribution in [1.82, 2.24) is 10.7 Å². The number of benzene rings is 3. The fourth-order valence-corrected chi connectivity index (χ4v) is 2.69. The van der Waals surface area contributed by atoms with Gasteiger partial charge in [0.25, 0.3) is 0 Å². The van der Waals surface area contributed by atoms with Crippen LogP contribution in [-0.2, 0) is 16.2 Å². The zero-order valence-corrected chi connectivity index (χ0v) is 16.6. The maximum Gasteiger partial charge on any atom is 0.329 e. The first-order chi connectivity index (χ1) is 14.6. The number of ether oxygens (including phenoxy) is 1. The van der Waals surface area contributed by atoms with Gasteiger partial charge in [0.05, 0.1) is 12.3 Å². The second kappa shape index (κ2) is 10.6. The van der Waals surface area contributed by atoms with Crippen molar-refractivity contribution >= 4 is 18.0 Å². The Morgan fingerprint density at radius 2 is 1.53 bits per heavy atom. The maximum absolute atomic E-state index is 12.0. The van der Waals surface area contributed by atoms with Crippen LogP contribution in [0.3, 0.4) is 0 Å². The van der Waals surface area contributed by atoms with Crippen LogP contribution in [0.2, 0.25) is 0 Å². The van der Waals surface area contributed by atoms with E-state index in [1.54, 1.807) is 0 Å². The summed E-state index contributed by atoms with van der Waals surface area (Å²) in [4.78, 5) is 23.9. The fourth-order valence-electron chi connectivity index (χ4n) is 2.69. The SMILES string of the molecule is C[C@H](NC(=O)C(=O)N/N=C\c1ccc(OCc2ccccc2)cc1)c1ccccc1. The second-order valence-electron chi connectivity index (χ2n) is 6.65.